The first-order valence-electron chi connectivity index (χ1n) is 5.19. The zero-order valence-electron chi connectivity index (χ0n) is 9.61. The van der Waals surface area contributed by atoms with Gasteiger partial charge in [0.2, 0.25) is 0 Å². The van der Waals surface area contributed by atoms with Crippen LogP contribution in [0, 0.1) is 5.82 Å². The predicted molar refractivity (Wildman–Crippen MR) is 67.1 cm³/mol. The Bertz CT molecular complexity index is 487. The molecule has 0 radical (unpaired) electrons. The Kier molecular flexibility index (Phi) is 3.58. The molecular weight excluding hydrogens is 239 g/mol. The van der Waals surface area contributed by atoms with Crippen LogP contribution >= 0.6 is 11.3 Å². The number of anilines is 1. The summed E-state index contributed by atoms with van der Waals surface area (Å²) in [5, 5.41) is 3.27. The lowest BCUT2D eigenvalue weighted by Crippen LogP contribution is -2.05. The van der Waals surface area contributed by atoms with Crippen molar-refractivity contribution >= 4 is 17.0 Å². The number of rotatable bonds is 4. The molecule has 1 atom stereocenters. The number of ether oxygens (including phenoxy) is 1. The normalized spacial score (nSPS) is 12.2. The van der Waals surface area contributed by atoms with E-state index in [4.69, 9.17) is 4.74 Å². The Morgan fingerprint density at radius 1 is 1.47 bits per heavy atom. The molecule has 0 aliphatic carbocycles. The molecule has 1 heterocycles. The van der Waals surface area contributed by atoms with Crippen molar-refractivity contribution in [1.82, 2.24) is 4.98 Å². The molecule has 90 valence electrons. The van der Waals surface area contributed by atoms with E-state index in [0.717, 1.165) is 10.6 Å². The Balaban J connectivity index is 2.13. The minimum absolute atomic E-state index is 0.137. The summed E-state index contributed by atoms with van der Waals surface area (Å²) >= 11 is 1.58. The third-order valence-electron chi connectivity index (χ3n) is 2.41. The van der Waals surface area contributed by atoms with Crippen LogP contribution in [0.5, 0.6) is 5.75 Å². The van der Waals surface area contributed by atoms with Crippen LogP contribution in [0.1, 0.15) is 17.8 Å². The summed E-state index contributed by atoms with van der Waals surface area (Å²) in [5.74, 6) is -0.116. The van der Waals surface area contributed by atoms with Gasteiger partial charge in [-0.1, -0.05) is 0 Å². The molecule has 2 aromatic rings. The number of benzene rings is 1. The maximum Gasteiger partial charge on any atom is 0.165 e. The Morgan fingerprint density at radius 2 is 2.29 bits per heavy atom. The van der Waals surface area contributed by atoms with Gasteiger partial charge in [-0.3, -0.25) is 4.98 Å². The monoisotopic (exact) mass is 252 g/mol. The van der Waals surface area contributed by atoms with Crippen LogP contribution in [0.2, 0.25) is 0 Å². The average molecular weight is 252 g/mol. The minimum atomic E-state index is -0.358. The second kappa shape index (κ2) is 5.14. The fraction of sp³-hybridized carbons (Fsp3) is 0.250. The topological polar surface area (TPSA) is 34.1 Å². The van der Waals surface area contributed by atoms with E-state index in [1.54, 1.807) is 29.0 Å². The number of halogens is 1. The quantitative estimate of drug-likeness (QED) is 0.904. The van der Waals surface area contributed by atoms with E-state index in [1.165, 1.54) is 13.2 Å². The van der Waals surface area contributed by atoms with Gasteiger partial charge in [0.15, 0.2) is 11.6 Å². The van der Waals surface area contributed by atoms with Crippen LogP contribution in [0.3, 0.4) is 0 Å². The molecule has 17 heavy (non-hydrogen) atoms. The first-order chi connectivity index (χ1) is 8.20. The summed E-state index contributed by atoms with van der Waals surface area (Å²) in [7, 11) is 1.45. The molecule has 2 rings (SSSR count). The fourth-order valence-corrected chi connectivity index (χ4v) is 2.14. The number of hydrogen-bond acceptors (Lipinski definition) is 4. The molecule has 0 saturated heterocycles. The molecule has 1 unspecified atom stereocenters. The molecular formula is C12H13FN2OS. The first kappa shape index (κ1) is 11.9. The smallest absolute Gasteiger partial charge is 0.165 e. The van der Waals surface area contributed by atoms with Crippen LogP contribution in [0.4, 0.5) is 10.1 Å². The van der Waals surface area contributed by atoms with E-state index >= 15 is 0 Å². The molecule has 1 aromatic carbocycles. The van der Waals surface area contributed by atoms with E-state index in [9.17, 15) is 4.39 Å². The van der Waals surface area contributed by atoms with Gasteiger partial charge >= 0.3 is 0 Å². The summed E-state index contributed by atoms with van der Waals surface area (Å²) in [4.78, 5) is 5.16. The molecule has 1 aromatic heterocycles. The number of nitrogens with one attached hydrogen (secondary N) is 1. The second-order valence-corrected chi connectivity index (χ2v) is 4.54. The van der Waals surface area contributed by atoms with E-state index < -0.39 is 0 Å². The number of aromatic nitrogens is 1. The number of hydrogen-bond donors (Lipinski definition) is 1. The zero-order valence-corrected chi connectivity index (χ0v) is 10.4. The first-order valence-corrected chi connectivity index (χ1v) is 6.07. The van der Waals surface area contributed by atoms with Gasteiger partial charge in [-0.2, -0.15) is 0 Å². The van der Waals surface area contributed by atoms with Gasteiger partial charge in [0.1, 0.15) is 0 Å². The minimum Gasteiger partial charge on any atom is -0.494 e. The highest BCUT2D eigenvalue weighted by molar-refractivity contribution is 7.09. The van der Waals surface area contributed by atoms with Crippen molar-refractivity contribution in [3.05, 3.63) is 40.6 Å². The van der Waals surface area contributed by atoms with E-state index in [0.29, 0.717) is 0 Å². The molecule has 0 fully saturated rings. The van der Waals surface area contributed by atoms with Gasteiger partial charge < -0.3 is 10.1 Å². The van der Waals surface area contributed by atoms with Crippen molar-refractivity contribution in [2.24, 2.45) is 0 Å². The van der Waals surface area contributed by atoms with Crippen LogP contribution < -0.4 is 10.1 Å². The Labute approximate surface area is 103 Å². The largest absolute Gasteiger partial charge is 0.494 e. The molecule has 1 N–H and O–H groups in total. The van der Waals surface area contributed by atoms with Crippen LogP contribution in [-0.4, -0.2) is 12.1 Å². The molecule has 0 spiro atoms. The van der Waals surface area contributed by atoms with Crippen molar-refractivity contribution in [3.63, 3.8) is 0 Å². The van der Waals surface area contributed by atoms with Crippen molar-refractivity contribution in [2.75, 3.05) is 12.4 Å². The lowest BCUT2D eigenvalue weighted by atomic mass is 10.2. The maximum atomic E-state index is 13.2. The lowest BCUT2D eigenvalue weighted by molar-refractivity contribution is 0.387. The number of nitrogens with zero attached hydrogens (tertiary/aromatic N) is 1. The van der Waals surface area contributed by atoms with E-state index in [2.05, 4.69) is 10.3 Å². The van der Waals surface area contributed by atoms with E-state index in [-0.39, 0.29) is 17.6 Å². The second-order valence-electron chi connectivity index (χ2n) is 3.62. The van der Waals surface area contributed by atoms with Crippen LogP contribution in [0.15, 0.2) is 29.9 Å². The molecule has 0 saturated carbocycles. The Hall–Kier alpha value is -1.62. The van der Waals surface area contributed by atoms with Gasteiger partial charge in [0, 0.05) is 22.8 Å². The highest BCUT2D eigenvalue weighted by Gasteiger charge is 2.09. The van der Waals surface area contributed by atoms with Gasteiger partial charge in [0.05, 0.1) is 18.7 Å². The molecule has 0 amide bonds. The van der Waals surface area contributed by atoms with Gasteiger partial charge in [0.25, 0.3) is 0 Å². The predicted octanol–water partition coefficient (Wildman–Crippen LogP) is 3.46. The van der Waals surface area contributed by atoms with Gasteiger partial charge in [-0.25, -0.2) is 4.39 Å². The van der Waals surface area contributed by atoms with Crippen molar-refractivity contribution in [2.45, 2.75) is 13.0 Å². The molecule has 0 aliphatic rings. The van der Waals surface area contributed by atoms with Crippen molar-refractivity contribution in [1.29, 1.82) is 0 Å². The average Bonchev–Trinajstić information content (AvgIpc) is 2.85. The summed E-state index contributed by atoms with van der Waals surface area (Å²) in [5.41, 5.74) is 2.61. The lowest BCUT2D eigenvalue weighted by Gasteiger charge is -2.14. The summed E-state index contributed by atoms with van der Waals surface area (Å²) in [6, 6.07) is 4.86. The van der Waals surface area contributed by atoms with Crippen LogP contribution in [0.25, 0.3) is 0 Å². The van der Waals surface area contributed by atoms with Crippen molar-refractivity contribution in [3.8, 4) is 5.75 Å². The van der Waals surface area contributed by atoms with Crippen LogP contribution in [-0.2, 0) is 0 Å². The maximum absolute atomic E-state index is 13.2. The fourth-order valence-electron chi connectivity index (χ4n) is 1.51. The molecule has 0 bridgehead atoms. The number of methoxy groups -OCH3 is 1. The zero-order chi connectivity index (χ0) is 12.3. The van der Waals surface area contributed by atoms with Gasteiger partial charge in [-0.15, -0.1) is 11.3 Å². The standard InChI is InChI=1S/C12H13FN2OS/c1-8(12-6-14-7-17-12)15-9-3-4-10(13)11(5-9)16-2/h3-8,15H,1-2H3. The van der Waals surface area contributed by atoms with E-state index in [1.807, 2.05) is 13.1 Å². The molecule has 5 heteroatoms. The molecule has 3 nitrogen and oxygen atoms in total. The van der Waals surface area contributed by atoms with Gasteiger partial charge in [-0.05, 0) is 19.1 Å². The summed E-state index contributed by atoms with van der Waals surface area (Å²) in [6.07, 6.45) is 1.82. The highest BCUT2D eigenvalue weighted by atomic mass is 32.1. The third-order valence-corrected chi connectivity index (χ3v) is 3.37. The summed E-state index contributed by atoms with van der Waals surface area (Å²) < 4.78 is 18.2. The SMILES string of the molecule is COc1cc(NC(C)c2cncs2)ccc1F. The van der Waals surface area contributed by atoms with Crippen molar-refractivity contribution < 1.29 is 9.13 Å². The Morgan fingerprint density at radius 3 is 2.94 bits per heavy atom. The summed E-state index contributed by atoms with van der Waals surface area (Å²) in [6.45, 7) is 2.03. The third kappa shape index (κ3) is 2.74. The number of thiazole rings is 1. The highest BCUT2D eigenvalue weighted by Crippen LogP contribution is 2.26. The molecule has 0 aliphatic heterocycles.